The summed E-state index contributed by atoms with van der Waals surface area (Å²) in [7, 11) is -8.31. The molecule has 2 aromatic rings. The molecule has 0 radical (unpaired) electrons. The van der Waals surface area contributed by atoms with Crippen LogP contribution in [0.15, 0.2) is 28.5 Å². The van der Waals surface area contributed by atoms with Gasteiger partial charge in [-0.1, -0.05) is 22.0 Å². The largest absolute Gasteiger partial charge is 0.443 e. The summed E-state index contributed by atoms with van der Waals surface area (Å²) in [5.41, 5.74) is 0.0206. The van der Waals surface area contributed by atoms with Crippen molar-refractivity contribution < 1.29 is 31.6 Å². The second kappa shape index (κ2) is 10.3. The van der Waals surface area contributed by atoms with Gasteiger partial charge in [0.2, 0.25) is 0 Å². The lowest BCUT2D eigenvalue weighted by Crippen LogP contribution is -2.41. The summed E-state index contributed by atoms with van der Waals surface area (Å²) in [4.78, 5) is 12.9. The number of sulfonamides is 1. The molecule has 174 valence electrons. The number of fused-ring (bicyclic) bond motifs is 1. The first kappa shape index (κ1) is 26.3. The first-order chi connectivity index (χ1) is 14.3. The third-order valence-electron chi connectivity index (χ3n) is 3.81. The average molecular weight is 556 g/mol. The Bertz CT molecular complexity index is 1070. The van der Waals surface area contributed by atoms with Crippen molar-refractivity contribution in [1.82, 2.24) is 4.31 Å². The van der Waals surface area contributed by atoms with E-state index in [1.54, 1.807) is 34.6 Å². The number of benzene rings is 1. The first-order valence-electron chi connectivity index (χ1n) is 9.57. The summed E-state index contributed by atoms with van der Waals surface area (Å²) >= 11 is 4.39. The minimum atomic E-state index is -4.39. The van der Waals surface area contributed by atoms with Crippen LogP contribution in [0.3, 0.4) is 0 Å². The van der Waals surface area contributed by atoms with Gasteiger partial charge in [0, 0.05) is 10.0 Å². The molecule has 0 N–H and O–H groups in total. The molecule has 8 nitrogen and oxygen atoms in total. The van der Waals surface area contributed by atoms with Gasteiger partial charge in [0.1, 0.15) is 16.1 Å². The predicted molar refractivity (Wildman–Crippen MR) is 125 cm³/mol. The SMILES string of the molecule is CCOP(=O)(CN(C(=O)OC(C)(C)C)S(=O)(=O)c1cc2cc(CBr)ccc2s1)OCC. The maximum atomic E-state index is 13.5. The second-order valence-electron chi connectivity index (χ2n) is 7.49. The summed E-state index contributed by atoms with van der Waals surface area (Å²) < 4.78 is 56.8. The van der Waals surface area contributed by atoms with E-state index in [0.717, 1.165) is 27.0 Å². The first-order valence-corrected chi connectivity index (χ1v) is 14.7. The molecule has 12 heteroatoms. The Morgan fingerprint density at radius 1 is 1.16 bits per heavy atom. The fraction of sp³-hybridized carbons (Fsp3) is 0.526. The van der Waals surface area contributed by atoms with Crippen LogP contribution < -0.4 is 0 Å². The van der Waals surface area contributed by atoms with Crippen molar-refractivity contribution in [1.29, 1.82) is 0 Å². The topological polar surface area (TPSA) is 99.2 Å². The monoisotopic (exact) mass is 555 g/mol. The second-order valence-corrected chi connectivity index (χ2v) is 13.2. The molecule has 0 aliphatic rings. The standard InChI is InChI=1S/C19H27BrNO7PS2/c1-6-26-29(23,27-7-2)13-21(18(22)28-19(3,4)5)31(24,25)17-11-15-10-14(12-20)8-9-16(15)30-17/h8-11H,6-7,12-13H2,1-5H3. The fourth-order valence-electron chi connectivity index (χ4n) is 2.60. The Balaban J connectivity index is 2.55. The highest BCUT2D eigenvalue weighted by atomic mass is 79.9. The Kier molecular flexibility index (Phi) is 8.74. The Morgan fingerprint density at radius 2 is 1.77 bits per heavy atom. The van der Waals surface area contributed by atoms with Gasteiger partial charge in [-0.15, -0.1) is 11.3 Å². The number of halogens is 1. The van der Waals surface area contributed by atoms with Gasteiger partial charge in [-0.25, -0.2) is 4.79 Å². The van der Waals surface area contributed by atoms with Gasteiger partial charge < -0.3 is 13.8 Å². The van der Waals surface area contributed by atoms with E-state index in [9.17, 15) is 17.8 Å². The van der Waals surface area contributed by atoms with E-state index in [1.165, 1.54) is 6.07 Å². The average Bonchev–Trinajstić information content (AvgIpc) is 3.09. The summed E-state index contributed by atoms with van der Waals surface area (Å²) in [5, 5.41) is 1.35. The van der Waals surface area contributed by atoms with Crippen LogP contribution in [0.2, 0.25) is 0 Å². The third-order valence-corrected chi connectivity index (χ3v) is 9.86. The highest BCUT2D eigenvalue weighted by molar-refractivity contribution is 9.08. The van der Waals surface area contributed by atoms with Gasteiger partial charge in [-0.2, -0.15) is 12.7 Å². The van der Waals surface area contributed by atoms with Crippen molar-refractivity contribution >= 4 is 61.1 Å². The summed E-state index contributed by atoms with van der Waals surface area (Å²) in [6.45, 7) is 8.09. The number of hydrogen-bond donors (Lipinski definition) is 0. The van der Waals surface area contributed by atoms with E-state index in [-0.39, 0.29) is 17.4 Å². The van der Waals surface area contributed by atoms with Crippen LogP contribution in [0.1, 0.15) is 40.2 Å². The lowest BCUT2D eigenvalue weighted by Gasteiger charge is -2.28. The number of hydrogen-bond acceptors (Lipinski definition) is 8. The molecule has 2 rings (SSSR count). The van der Waals surface area contributed by atoms with Crippen molar-refractivity contribution in [2.75, 3.05) is 19.5 Å². The van der Waals surface area contributed by atoms with Crippen molar-refractivity contribution in [3.05, 3.63) is 29.8 Å². The zero-order valence-electron chi connectivity index (χ0n) is 18.1. The van der Waals surface area contributed by atoms with Crippen LogP contribution in [0.25, 0.3) is 10.1 Å². The van der Waals surface area contributed by atoms with E-state index in [0.29, 0.717) is 9.64 Å². The molecule has 0 spiro atoms. The normalized spacial score (nSPS) is 12.8. The Morgan fingerprint density at radius 3 is 2.29 bits per heavy atom. The van der Waals surface area contributed by atoms with Gasteiger partial charge in [0.15, 0.2) is 0 Å². The molecule has 0 saturated heterocycles. The van der Waals surface area contributed by atoms with Crippen LogP contribution >= 0.6 is 34.9 Å². The number of carbonyl (C=O) groups excluding carboxylic acids is 1. The van der Waals surface area contributed by atoms with E-state index >= 15 is 0 Å². The zero-order valence-corrected chi connectivity index (χ0v) is 22.2. The van der Waals surface area contributed by atoms with E-state index in [2.05, 4.69) is 15.9 Å². The number of rotatable bonds is 9. The minimum absolute atomic E-state index is 0.0255. The van der Waals surface area contributed by atoms with Gasteiger partial charge in [0.25, 0.3) is 10.0 Å². The molecule has 1 amide bonds. The third kappa shape index (κ3) is 6.76. The fourth-order valence-corrected chi connectivity index (χ4v) is 7.90. The molecular formula is C19H27BrNO7PS2. The molecule has 0 unspecified atom stereocenters. The van der Waals surface area contributed by atoms with Crippen LogP contribution in [-0.4, -0.2) is 43.9 Å². The molecule has 0 saturated carbocycles. The summed E-state index contributed by atoms with van der Waals surface area (Å²) in [6, 6.07) is 7.06. The predicted octanol–water partition coefficient (Wildman–Crippen LogP) is 5.95. The van der Waals surface area contributed by atoms with Crippen LogP contribution in [0.5, 0.6) is 0 Å². The lowest BCUT2D eigenvalue weighted by molar-refractivity contribution is 0.0399. The number of nitrogens with zero attached hydrogens (tertiary/aromatic N) is 1. The number of ether oxygens (including phenoxy) is 1. The number of amides is 1. The van der Waals surface area contributed by atoms with Crippen molar-refractivity contribution in [3.8, 4) is 0 Å². The van der Waals surface area contributed by atoms with Crippen molar-refractivity contribution in [2.45, 2.75) is 49.8 Å². The Hall–Kier alpha value is -0.970. The molecule has 1 heterocycles. The highest BCUT2D eigenvalue weighted by Gasteiger charge is 2.41. The minimum Gasteiger partial charge on any atom is -0.443 e. The maximum absolute atomic E-state index is 13.5. The Labute approximate surface area is 195 Å². The van der Waals surface area contributed by atoms with E-state index in [1.807, 2.05) is 18.2 Å². The van der Waals surface area contributed by atoms with Gasteiger partial charge >= 0.3 is 13.7 Å². The highest BCUT2D eigenvalue weighted by Crippen LogP contribution is 2.50. The smallest absolute Gasteiger partial charge is 0.424 e. The molecule has 31 heavy (non-hydrogen) atoms. The van der Waals surface area contributed by atoms with E-state index in [4.69, 9.17) is 13.8 Å². The summed E-state index contributed by atoms with van der Waals surface area (Å²) in [6.07, 6.45) is -1.93. The van der Waals surface area contributed by atoms with Crippen molar-refractivity contribution in [3.63, 3.8) is 0 Å². The van der Waals surface area contributed by atoms with E-state index < -0.39 is 35.6 Å². The van der Waals surface area contributed by atoms with Crippen molar-refractivity contribution in [2.24, 2.45) is 0 Å². The molecule has 0 aliphatic carbocycles. The van der Waals surface area contributed by atoms with Gasteiger partial charge in [0.05, 0.1) is 13.2 Å². The lowest BCUT2D eigenvalue weighted by atomic mass is 10.2. The molecule has 1 aromatic carbocycles. The van der Waals surface area contributed by atoms with Crippen LogP contribution in [0, 0.1) is 0 Å². The number of alkyl halides is 1. The molecular weight excluding hydrogens is 529 g/mol. The molecule has 0 fully saturated rings. The summed E-state index contributed by atoms with van der Waals surface area (Å²) in [5.74, 6) is 0. The van der Waals surface area contributed by atoms with Crippen LogP contribution in [0.4, 0.5) is 4.79 Å². The van der Waals surface area contributed by atoms with Crippen LogP contribution in [-0.2, 0) is 33.7 Å². The zero-order chi connectivity index (χ0) is 23.4. The van der Waals surface area contributed by atoms with Gasteiger partial charge in [-0.05, 0) is 63.8 Å². The molecule has 0 aliphatic heterocycles. The maximum Gasteiger partial charge on any atom is 0.424 e. The quantitative estimate of drug-likeness (QED) is 0.278. The number of carbonyl (C=O) groups is 1. The molecule has 0 atom stereocenters. The number of thiophene rings is 1. The molecule has 0 bridgehead atoms. The molecule has 1 aromatic heterocycles. The van der Waals surface area contributed by atoms with Gasteiger partial charge in [-0.3, -0.25) is 4.57 Å².